The van der Waals surface area contributed by atoms with Crippen molar-refractivity contribution in [1.29, 1.82) is 0 Å². The van der Waals surface area contributed by atoms with Crippen molar-refractivity contribution in [3.8, 4) is 0 Å². The topological polar surface area (TPSA) is 50.7 Å². The molecule has 0 fully saturated rings. The Morgan fingerprint density at radius 1 is 1.12 bits per heavy atom. The van der Waals surface area contributed by atoms with Crippen LogP contribution in [0.15, 0.2) is 24.3 Å². The zero-order chi connectivity index (χ0) is 12.3. The maximum Gasteiger partial charge on any atom is 0.245 e. The monoisotopic (exact) mass is 268 g/mol. The van der Waals surface area contributed by atoms with E-state index < -0.39 is 0 Å². The van der Waals surface area contributed by atoms with E-state index >= 15 is 0 Å². The summed E-state index contributed by atoms with van der Waals surface area (Å²) in [5.41, 5.74) is 2.35. The van der Waals surface area contributed by atoms with Crippen LogP contribution in [0.4, 0.5) is 5.82 Å². The molecule has 88 valence electrons. The Morgan fingerprint density at radius 2 is 1.82 bits per heavy atom. The Hall–Kier alpha value is -1.39. The maximum atomic E-state index is 5.83. The number of hydrogen-bond donors (Lipinski definition) is 1. The molecule has 0 aliphatic rings. The Labute approximate surface area is 109 Å². The van der Waals surface area contributed by atoms with Crippen molar-refractivity contribution in [2.75, 3.05) is 5.32 Å². The third-order valence-electron chi connectivity index (χ3n) is 2.20. The van der Waals surface area contributed by atoms with Crippen LogP contribution in [0.3, 0.4) is 0 Å². The minimum Gasteiger partial charge on any atom is -0.363 e. The van der Waals surface area contributed by atoms with Gasteiger partial charge in [-0.15, -0.1) is 10.2 Å². The molecule has 0 spiro atoms. The SMILES string of the molecule is Cc1ccc(CNc2nc(Cl)nnc2Cl)cc1. The lowest BCUT2D eigenvalue weighted by molar-refractivity contribution is 0.958. The molecular weight excluding hydrogens is 259 g/mol. The van der Waals surface area contributed by atoms with Gasteiger partial charge in [0.1, 0.15) is 0 Å². The first-order chi connectivity index (χ1) is 8.15. The number of nitrogens with zero attached hydrogens (tertiary/aromatic N) is 3. The summed E-state index contributed by atoms with van der Waals surface area (Å²) in [7, 11) is 0. The van der Waals surface area contributed by atoms with Gasteiger partial charge in [0.15, 0.2) is 11.0 Å². The standard InChI is InChI=1S/C11H10Cl2N4/c1-7-2-4-8(5-3-7)6-14-10-9(12)16-17-11(13)15-10/h2-5H,6H2,1H3,(H,14,15,17). The molecule has 1 aromatic carbocycles. The summed E-state index contributed by atoms with van der Waals surface area (Å²) >= 11 is 11.5. The lowest BCUT2D eigenvalue weighted by Gasteiger charge is -2.06. The van der Waals surface area contributed by atoms with Crippen LogP contribution < -0.4 is 5.32 Å². The van der Waals surface area contributed by atoms with E-state index in [1.54, 1.807) is 0 Å². The number of rotatable bonds is 3. The minimum atomic E-state index is 0.0702. The lowest BCUT2D eigenvalue weighted by atomic mass is 10.1. The number of nitrogens with one attached hydrogen (secondary N) is 1. The van der Waals surface area contributed by atoms with Crippen molar-refractivity contribution in [1.82, 2.24) is 15.2 Å². The molecule has 1 N–H and O–H groups in total. The van der Waals surface area contributed by atoms with Crippen LogP contribution in [0.5, 0.6) is 0 Å². The van der Waals surface area contributed by atoms with Crippen LogP contribution in [0.2, 0.25) is 10.4 Å². The average molecular weight is 269 g/mol. The van der Waals surface area contributed by atoms with Gasteiger partial charge < -0.3 is 5.32 Å². The van der Waals surface area contributed by atoms with Crippen molar-refractivity contribution in [3.05, 3.63) is 45.8 Å². The highest BCUT2D eigenvalue weighted by Crippen LogP contribution is 2.17. The predicted octanol–water partition coefficient (Wildman–Crippen LogP) is 3.10. The fraction of sp³-hybridized carbons (Fsp3) is 0.182. The smallest absolute Gasteiger partial charge is 0.245 e. The summed E-state index contributed by atoms with van der Waals surface area (Å²) in [6, 6.07) is 8.16. The van der Waals surface area contributed by atoms with Gasteiger partial charge in [0.25, 0.3) is 0 Å². The molecule has 2 rings (SSSR count). The highest BCUT2D eigenvalue weighted by molar-refractivity contribution is 6.32. The molecule has 1 heterocycles. The van der Waals surface area contributed by atoms with Gasteiger partial charge >= 0.3 is 0 Å². The number of aromatic nitrogens is 3. The van der Waals surface area contributed by atoms with E-state index in [1.807, 2.05) is 31.2 Å². The van der Waals surface area contributed by atoms with E-state index in [1.165, 1.54) is 5.56 Å². The van der Waals surface area contributed by atoms with Crippen LogP contribution in [0, 0.1) is 6.92 Å². The van der Waals surface area contributed by atoms with Gasteiger partial charge in [-0.1, -0.05) is 41.4 Å². The summed E-state index contributed by atoms with van der Waals surface area (Å²) in [4.78, 5) is 3.95. The average Bonchev–Trinajstić information content (AvgIpc) is 2.32. The van der Waals surface area contributed by atoms with Gasteiger partial charge in [-0.25, -0.2) is 0 Å². The first-order valence-corrected chi connectivity index (χ1v) is 5.76. The van der Waals surface area contributed by atoms with Crippen molar-refractivity contribution in [3.63, 3.8) is 0 Å². The van der Waals surface area contributed by atoms with Crippen molar-refractivity contribution < 1.29 is 0 Å². The van der Waals surface area contributed by atoms with E-state index in [2.05, 4.69) is 20.5 Å². The summed E-state index contributed by atoms with van der Waals surface area (Å²) in [5, 5.41) is 10.5. The second-order valence-electron chi connectivity index (χ2n) is 3.56. The van der Waals surface area contributed by atoms with E-state index in [9.17, 15) is 0 Å². The molecule has 17 heavy (non-hydrogen) atoms. The highest BCUT2D eigenvalue weighted by Gasteiger charge is 2.05. The third-order valence-corrected chi connectivity index (χ3v) is 2.62. The first-order valence-electron chi connectivity index (χ1n) is 5.00. The van der Waals surface area contributed by atoms with Crippen LogP contribution in [0.1, 0.15) is 11.1 Å². The van der Waals surface area contributed by atoms with Gasteiger partial charge in [0.2, 0.25) is 5.28 Å². The normalized spacial score (nSPS) is 10.3. The van der Waals surface area contributed by atoms with Gasteiger partial charge in [-0.05, 0) is 24.1 Å². The molecule has 6 heteroatoms. The lowest BCUT2D eigenvalue weighted by Crippen LogP contribution is -2.04. The predicted molar refractivity (Wildman–Crippen MR) is 68.4 cm³/mol. The van der Waals surface area contributed by atoms with Gasteiger partial charge in [-0.2, -0.15) is 4.98 Å². The van der Waals surface area contributed by atoms with E-state index in [0.717, 1.165) is 5.56 Å². The molecule has 0 radical (unpaired) electrons. The molecule has 0 atom stereocenters. The van der Waals surface area contributed by atoms with Crippen LogP contribution in [-0.4, -0.2) is 15.2 Å². The van der Waals surface area contributed by atoms with Crippen LogP contribution in [0.25, 0.3) is 0 Å². The molecule has 0 aliphatic carbocycles. The number of halogens is 2. The Bertz CT molecular complexity index is 513. The fourth-order valence-corrected chi connectivity index (χ4v) is 1.57. The minimum absolute atomic E-state index is 0.0702. The molecule has 0 bridgehead atoms. The molecule has 0 aliphatic heterocycles. The largest absolute Gasteiger partial charge is 0.363 e. The summed E-state index contributed by atoms with van der Waals surface area (Å²) < 4.78 is 0. The maximum absolute atomic E-state index is 5.83. The van der Waals surface area contributed by atoms with Crippen LogP contribution >= 0.6 is 23.2 Å². The fourth-order valence-electron chi connectivity index (χ4n) is 1.30. The molecule has 2 aromatic rings. The Balaban J connectivity index is 2.07. The molecular formula is C11H10Cl2N4. The quantitative estimate of drug-likeness (QED) is 0.930. The highest BCUT2D eigenvalue weighted by atomic mass is 35.5. The molecule has 0 saturated heterocycles. The second kappa shape index (κ2) is 5.29. The van der Waals surface area contributed by atoms with E-state index in [0.29, 0.717) is 12.4 Å². The summed E-state index contributed by atoms with van der Waals surface area (Å²) in [6.07, 6.45) is 0. The molecule has 4 nitrogen and oxygen atoms in total. The van der Waals surface area contributed by atoms with Crippen LogP contribution in [-0.2, 0) is 6.54 Å². The second-order valence-corrected chi connectivity index (χ2v) is 4.26. The van der Waals surface area contributed by atoms with Crippen molar-refractivity contribution in [2.24, 2.45) is 0 Å². The summed E-state index contributed by atoms with van der Waals surface area (Å²) in [5.74, 6) is 0.437. The molecule has 0 unspecified atom stereocenters. The number of anilines is 1. The number of aryl methyl sites for hydroxylation is 1. The summed E-state index contributed by atoms with van der Waals surface area (Å²) in [6.45, 7) is 2.65. The van der Waals surface area contributed by atoms with Gasteiger partial charge in [-0.3, -0.25) is 0 Å². The van der Waals surface area contributed by atoms with E-state index in [4.69, 9.17) is 23.2 Å². The molecule has 0 amide bonds. The van der Waals surface area contributed by atoms with Crippen molar-refractivity contribution >= 4 is 29.0 Å². The Kier molecular flexibility index (Phi) is 3.76. The van der Waals surface area contributed by atoms with Crippen molar-refractivity contribution in [2.45, 2.75) is 13.5 Å². The van der Waals surface area contributed by atoms with Gasteiger partial charge in [0, 0.05) is 6.54 Å². The zero-order valence-electron chi connectivity index (χ0n) is 9.11. The molecule has 1 aromatic heterocycles. The van der Waals surface area contributed by atoms with Gasteiger partial charge in [0.05, 0.1) is 0 Å². The first kappa shape index (κ1) is 12.1. The third kappa shape index (κ3) is 3.28. The zero-order valence-corrected chi connectivity index (χ0v) is 10.6. The van der Waals surface area contributed by atoms with E-state index in [-0.39, 0.29) is 10.4 Å². The molecule has 0 saturated carbocycles. The number of benzene rings is 1. The Morgan fingerprint density at radius 3 is 2.53 bits per heavy atom. The number of hydrogen-bond acceptors (Lipinski definition) is 4.